The molecule has 0 bridgehead atoms. The first-order chi connectivity index (χ1) is 12.4. The molecule has 2 aromatic rings. The standard InChI is InChI=1S/C20H25N3O2S/c1-13(2)9-17(20-21-14(3)12-26-20)22-19(25)15-10-18(24)23(11-15)16-7-5-4-6-8-16/h4-8,12-13,15,17H,9-11H2,1-3H3,(H,22,25). The second-order valence-electron chi connectivity index (χ2n) is 7.26. The Kier molecular flexibility index (Phi) is 5.71. The fraction of sp³-hybridized carbons (Fsp3) is 0.450. The van der Waals surface area contributed by atoms with E-state index in [9.17, 15) is 9.59 Å². The van der Waals surface area contributed by atoms with E-state index >= 15 is 0 Å². The van der Waals surface area contributed by atoms with E-state index < -0.39 is 0 Å². The third-order valence-electron chi connectivity index (χ3n) is 4.52. The number of nitrogens with one attached hydrogen (secondary N) is 1. The van der Waals surface area contributed by atoms with Crippen molar-refractivity contribution in [3.05, 3.63) is 46.4 Å². The fourth-order valence-corrected chi connectivity index (χ4v) is 4.12. The van der Waals surface area contributed by atoms with Gasteiger partial charge >= 0.3 is 0 Å². The third-order valence-corrected chi connectivity index (χ3v) is 5.60. The fourth-order valence-electron chi connectivity index (χ4n) is 3.26. The van der Waals surface area contributed by atoms with Gasteiger partial charge in [0.25, 0.3) is 0 Å². The van der Waals surface area contributed by atoms with Crippen LogP contribution in [0.4, 0.5) is 5.69 Å². The lowest BCUT2D eigenvalue weighted by Crippen LogP contribution is -2.36. The third kappa shape index (κ3) is 4.30. The molecule has 0 aliphatic carbocycles. The van der Waals surface area contributed by atoms with Gasteiger partial charge in [0.05, 0.1) is 12.0 Å². The Labute approximate surface area is 158 Å². The van der Waals surface area contributed by atoms with Gasteiger partial charge in [-0.3, -0.25) is 9.59 Å². The molecule has 1 fully saturated rings. The number of rotatable bonds is 6. The van der Waals surface area contributed by atoms with Crippen LogP contribution in [-0.4, -0.2) is 23.3 Å². The number of aryl methyl sites for hydroxylation is 1. The van der Waals surface area contributed by atoms with Crippen LogP contribution in [0.3, 0.4) is 0 Å². The van der Waals surface area contributed by atoms with E-state index in [2.05, 4.69) is 24.1 Å². The molecule has 2 heterocycles. The first-order valence-corrected chi connectivity index (χ1v) is 9.90. The maximum absolute atomic E-state index is 12.8. The Morgan fingerprint density at radius 1 is 1.35 bits per heavy atom. The smallest absolute Gasteiger partial charge is 0.227 e. The summed E-state index contributed by atoms with van der Waals surface area (Å²) in [6.07, 6.45) is 1.09. The van der Waals surface area contributed by atoms with Gasteiger partial charge in [0.1, 0.15) is 5.01 Å². The van der Waals surface area contributed by atoms with Crippen molar-refractivity contribution in [2.24, 2.45) is 11.8 Å². The molecule has 5 nitrogen and oxygen atoms in total. The molecule has 2 unspecified atom stereocenters. The molecule has 6 heteroatoms. The molecule has 2 amide bonds. The molecule has 0 spiro atoms. The number of para-hydroxylation sites is 1. The molecule has 2 atom stereocenters. The number of nitrogens with zero attached hydrogens (tertiary/aromatic N) is 2. The molecule has 1 aromatic carbocycles. The molecular formula is C20H25N3O2S. The van der Waals surface area contributed by atoms with Gasteiger partial charge in [0, 0.05) is 29.7 Å². The first kappa shape index (κ1) is 18.6. The van der Waals surface area contributed by atoms with E-state index in [4.69, 9.17) is 0 Å². The lowest BCUT2D eigenvalue weighted by atomic mass is 10.0. The summed E-state index contributed by atoms with van der Waals surface area (Å²) < 4.78 is 0. The van der Waals surface area contributed by atoms with Gasteiger partial charge in [0.15, 0.2) is 0 Å². The van der Waals surface area contributed by atoms with Crippen molar-refractivity contribution < 1.29 is 9.59 Å². The minimum atomic E-state index is -0.321. The molecule has 26 heavy (non-hydrogen) atoms. The summed E-state index contributed by atoms with van der Waals surface area (Å²) in [5.74, 6) is 0.0612. The molecular weight excluding hydrogens is 346 g/mol. The number of hydrogen-bond acceptors (Lipinski definition) is 4. The quantitative estimate of drug-likeness (QED) is 0.842. The zero-order chi connectivity index (χ0) is 18.7. The Hall–Kier alpha value is -2.21. The van der Waals surface area contributed by atoms with E-state index in [0.29, 0.717) is 12.5 Å². The highest BCUT2D eigenvalue weighted by molar-refractivity contribution is 7.09. The Morgan fingerprint density at radius 3 is 2.69 bits per heavy atom. The average Bonchev–Trinajstić information content (AvgIpc) is 3.20. The topological polar surface area (TPSA) is 62.3 Å². The molecule has 1 saturated heterocycles. The van der Waals surface area contributed by atoms with E-state index in [1.165, 1.54) is 0 Å². The number of aromatic nitrogens is 1. The van der Waals surface area contributed by atoms with Crippen molar-refractivity contribution in [3.8, 4) is 0 Å². The predicted octanol–water partition coefficient (Wildman–Crippen LogP) is 3.71. The van der Waals surface area contributed by atoms with E-state index in [0.717, 1.165) is 22.8 Å². The van der Waals surface area contributed by atoms with Crippen LogP contribution in [-0.2, 0) is 9.59 Å². The maximum atomic E-state index is 12.8. The van der Waals surface area contributed by atoms with Crippen LogP contribution in [0.25, 0.3) is 0 Å². The molecule has 1 aromatic heterocycles. The lowest BCUT2D eigenvalue weighted by molar-refractivity contribution is -0.127. The number of amides is 2. The van der Waals surface area contributed by atoms with E-state index in [1.807, 2.05) is 42.6 Å². The zero-order valence-corrected chi connectivity index (χ0v) is 16.3. The number of hydrogen-bond donors (Lipinski definition) is 1. The van der Waals surface area contributed by atoms with Crippen molar-refractivity contribution in [2.75, 3.05) is 11.4 Å². The van der Waals surface area contributed by atoms with Crippen molar-refractivity contribution in [1.29, 1.82) is 0 Å². The summed E-state index contributed by atoms with van der Waals surface area (Å²) in [6.45, 7) is 6.66. The van der Waals surface area contributed by atoms with Crippen molar-refractivity contribution in [2.45, 2.75) is 39.7 Å². The largest absolute Gasteiger partial charge is 0.347 e. The number of anilines is 1. The second-order valence-corrected chi connectivity index (χ2v) is 8.15. The summed E-state index contributed by atoms with van der Waals surface area (Å²) in [4.78, 5) is 31.4. The molecule has 1 aliphatic rings. The number of carbonyl (C=O) groups is 2. The highest BCUT2D eigenvalue weighted by Gasteiger charge is 2.36. The number of benzene rings is 1. The SMILES string of the molecule is Cc1csc(C(CC(C)C)NC(=O)C2CC(=O)N(c3ccccc3)C2)n1. The van der Waals surface area contributed by atoms with Crippen LogP contribution in [0.1, 0.15) is 43.4 Å². The minimum absolute atomic E-state index is 0.00172. The molecule has 138 valence electrons. The highest BCUT2D eigenvalue weighted by atomic mass is 32.1. The highest BCUT2D eigenvalue weighted by Crippen LogP contribution is 2.28. The van der Waals surface area contributed by atoms with Crippen molar-refractivity contribution in [1.82, 2.24) is 10.3 Å². The molecule has 3 rings (SSSR count). The van der Waals surface area contributed by atoms with Gasteiger partial charge in [-0.15, -0.1) is 11.3 Å². The van der Waals surface area contributed by atoms with Crippen LogP contribution in [0, 0.1) is 18.8 Å². The lowest BCUT2D eigenvalue weighted by Gasteiger charge is -2.21. The summed E-state index contributed by atoms with van der Waals surface area (Å²) in [6, 6.07) is 9.43. The average molecular weight is 372 g/mol. The van der Waals surface area contributed by atoms with Gasteiger partial charge in [-0.1, -0.05) is 32.0 Å². The van der Waals surface area contributed by atoms with Crippen molar-refractivity contribution >= 4 is 28.8 Å². The van der Waals surface area contributed by atoms with E-state index in [-0.39, 0.29) is 30.2 Å². The van der Waals surface area contributed by atoms with Crippen LogP contribution in [0.2, 0.25) is 0 Å². The van der Waals surface area contributed by atoms with Crippen LogP contribution < -0.4 is 10.2 Å². The molecule has 0 radical (unpaired) electrons. The Bertz CT molecular complexity index is 772. The van der Waals surface area contributed by atoms with E-state index in [1.54, 1.807) is 16.2 Å². The predicted molar refractivity (Wildman–Crippen MR) is 104 cm³/mol. The summed E-state index contributed by atoms with van der Waals surface area (Å²) in [5.41, 5.74) is 1.82. The van der Waals surface area contributed by atoms with Crippen LogP contribution in [0.15, 0.2) is 35.7 Å². The number of carbonyl (C=O) groups excluding carboxylic acids is 2. The van der Waals surface area contributed by atoms with Crippen LogP contribution >= 0.6 is 11.3 Å². The molecule has 1 aliphatic heterocycles. The van der Waals surface area contributed by atoms with Gasteiger partial charge in [-0.2, -0.15) is 0 Å². The van der Waals surface area contributed by atoms with Gasteiger partial charge < -0.3 is 10.2 Å². The van der Waals surface area contributed by atoms with Gasteiger partial charge in [0.2, 0.25) is 11.8 Å². The van der Waals surface area contributed by atoms with Crippen molar-refractivity contribution in [3.63, 3.8) is 0 Å². The normalized spacial score (nSPS) is 18.4. The Morgan fingerprint density at radius 2 is 2.08 bits per heavy atom. The second kappa shape index (κ2) is 7.99. The van der Waals surface area contributed by atoms with Gasteiger partial charge in [-0.05, 0) is 31.4 Å². The summed E-state index contributed by atoms with van der Waals surface area (Å²) in [5, 5.41) is 6.09. The Balaban J connectivity index is 1.69. The number of thiazole rings is 1. The van der Waals surface area contributed by atoms with Gasteiger partial charge in [-0.25, -0.2) is 4.98 Å². The maximum Gasteiger partial charge on any atom is 0.227 e. The summed E-state index contributed by atoms with van der Waals surface area (Å²) in [7, 11) is 0. The molecule has 0 saturated carbocycles. The zero-order valence-electron chi connectivity index (χ0n) is 15.4. The summed E-state index contributed by atoms with van der Waals surface area (Å²) >= 11 is 1.58. The monoisotopic (exact) mass is 371 g/mol. The first-order valence-electron chi connectivity index (χ1n) is 9.02. The molecule has 1 N–H and O–H groups in total. The van der Waals surface area contributed by atoms with Crippen LogP contribution in [0.5, 0.6) is 0 Å². The minimum Gasteiger partial charge on any atom is -0.347 e.